The number of hydrogen-bond acceptors (Lipinski definition) is 2. The molecule has 0 aromatic heterocycles. The topological polar surface area (TPSA) is 47.9 Å². The Morgan fingerprint density at radius 2 is 1.75 bits per heavy atom. The third-order valence-corrected chi connectivity index (χ3v) is 5.22. The van der Waals surface area contributed by atoms with Crippen LogP contribution in [-0.4, -0.2) is 61.9 Å². The van der Waals surface area contributed by atoms with Crippen LogP contribution in [0.1, 0.15) is 51.9 Å². The Morgan fingerprint density at radius 3 is 2.33 bits per heavy atom. The second kappa shape index (κ2) is 11.2. The quantitative estimate of drug-likeness (QED) is 0.407. The summed E-state index contributed by atoms with van der Waals surface area (Å²) in [5.74, 6) is 2.57. The maximum Gasteiger partial charge on any atom is 0.243 e. The summed E-state index contributed by atoms with van der Waals surface area (Å²) in [7, 11) is 3.57. The van der Waals surface area contributed by atoms with Crippen molar-refractivity contribution in [1.82, 2.24) is 15.1 Å². The van der Waals surface area contributed by atoms with Crippen molar-refractivity contribution in [2.24, 2.45) is 16.8 Å². The highest BCUT2D eigenvalue weighted by atomic mass is 127. The average molecular weight is 450 g/mol. The predicted molar refractivity (Wildman–Crippen MR) is 111 cm³/mol. The van der Waals surface area contributed by atoms with Crippen molar-refractivity contribution in [2.75, 3.05) is 40.3 Å². The van der Waals surface area contributed by atoms with Gasteiger partial charge in [0.15, 0.2) is 5.96 Å². The number of amides is 1. The van der Waals surface area contributed by atoms with Gasteiger partial charge in [-0.3, -0.25) is 4.79 Å². The summed E-state index contributed by atoms with van der Waals surface area (Å²) >= 11 is 0. The normalized spacial score (nSPS) is 20.5. The van der Waals surface area contributed by atoms with Gasteiger partial charge in [-0.05, 0) is 37.5 Å². The minimum atomic E-state index is 0. The van der Waals surface area contributed by atoms with Gasteiger partial charge in [-0.2, -0.15) is 0 Å². The number of likely N-dealkylation sites (tertiary alicyclic amines) is 1. The molecule has 1 amide bonds. The summed E-state index contributed by atoms with van der Waals surface area (Å²) < 4.78 is 0. The van der Waals surface area contributed by atoms with Gasteiger partial charge < -0.3 is 15.1 Å². The van der Waals surface area contributed by atoms with Crippen LogP contribution in [0, 0.1) is 11.8 Å². The van der Waals surface area contributed by atoms with Crippen LogP contribution in [0.4, 0.5) is 0 Å². The molecule has 0 bridgehead atoms. The van der Waals surface area contributed by atoms with Gasteiger partial charge in [-0.25, -0.2) is 4.99 Å². The molecule has 1 saturated heterocycles. The van der Waals surface area contributed by atoms with Crippen molar-refractivity contribution >= 4 is 35.8 Å². The summed E-state index contributed by atoms with van der Waals surface area (Å²) in [5.41, 5.74) is 0. The lowest BCUT2D eigenvalue weighted by molar-refractivity contribution is -0.127. The van der Waals surface area contributed by atoms with Crippen molar-refractivity contribution in [3.05, 3.63) is 0 Å². The molecular formula is C18H35IN4O. The minimum absolute atomic E-state index is 0. The number of likely N-dealkylation sites (N-methyl/N-ethyl adjacent to an activating group) is 1. The largest absolute Gasteiger partial charge is 0.356 e. The molecule has 1 aliphatic heterocycles. The molecule has 0 unspecified atom stereocenters. The first kappa shape index (κ1) is 21.5. The van der Waals surface area contributed by atoms with Crippen LogP contribution in [0.5, 0.6) is 0 Å². The lowest BCUT2D eigenvalue weighted by atomic mass is 9.89. The minimum Gasteiger partial charge on any atom is -0.356 e. The molecule has 1 saturated carbocycles. The zero-order valence-electron chi connectivity index (χ0n) is 15.6. The van der Waals surface area contributed by atoms with E-state index < -0.39 is 0 Å². The van der Waals surface area contributed by atoms with Crippen molar-refractivity contribution in [2.45, 2.75) is 51.9 Å². The molecule has 24 heavy (non-hydrogen) atoms. The van der Waals surface area contributed by atoms with E-state index in [1.165, 1.54) is 44.9 Å². The lowest BCUT2D eigenvalue weighted by Crippen LogP contribution is -2.47. The van der Waals surface area contributed by atoms with Gasteiger partial charge in [-0.1, -0.05) is 26.2 Å². The van der Waals surface area contributed by atoms with Gasteiger partial charge in [0.05, 0.1) is 0 Å². The summed E-state index contributed by atoms with van der Waals surface area (Å²) in [6.45, 7) is 5.66. The smallest absolute Gasteiger partial charge is 0.243 e. The Kier molecular flexibility index (Phi) is 10.0. The highest BCUT2D eigenvalue weighted by Gasteiger charge is 2.21. The van der Waals surface area contributed by atoms with E-state index in [0.717, 1.165) is 37.4 Å². The number of nitrogens with zero attached hydrogens (tertiary/aromatic N) is 3. The van der Waals surface area contributed by atoms with Gasteiger partial charge in [-0.15, -0.1) is 24.0 Å². The van der Waals surface area contributed by atoms with Gasteiger partial charge in [0.2, 0.25) is 5.91 Å². The molecule has 0 radical (unpaired) electrons. The summed E-state index contributed by atoms with van der Waals surface area (Å²) in [6, 6.07) is 0. The molecule has 0 spiro atoms. The number of halogens is 1. The molecule has 1 heterocycles. The third-order valence-electron chi connectivity index (χ3n) is 5.22. The zero-order valence-corrected chi connectivity index (χ0v) is 17.9. The van der Waals surface area contributed by atoms with E-state index in [1.807, 2.05) is 0 Å². The highest BCUT2D eigenvalue weighted by molar-refractivity contribution is 14.0. The molecule has 0 aromatic carbocycles. The molecule has 140 valence electrons. The molecule has 1 N–H and O–H groups in total. The fourth-order valence-electron chi connectivity index (χ4n) is 3.40. The van der Waals surface area contributed by atoms with Crippen LogP contribution >= 0.6 is 24.0 Å². The van der Waals surface area contributed by atoms with Crippen molar-refractivity contribution in [1.29, 1.82) is 0 Å². The van der Waals surface area contributed by atoms with E-state index >= 15 is 0 Å². The number of nitrogens with one attached hydrogen (secondary N) is 1. The molecule has 6 heteroatoms. The van der Waals surface area contributed by atoms with Crippen LogP contribution in [0.25, 0.3) is 0 Å². The Morgan fingerprint density at radius 1 is 1.12 bits per heavy atom. The number of aliphatic imine (C=N–C) groups is 1. The first-order valence-electron chi connectivity index (χ1n) is 9.29. The summed E-state index contributed by atoms with van der Waals surface area (Å²) in [4.78, 5) is 20.4. The fraction of sp³-hybridized carbons (Fsp3) is 0.889. The van der Waals surface area contributed by atoms with Gasteiger partial charge in [0, 0.05) is 33.7 Å². The summed E-state index contributed by atoms with van der Waals surface area (Å²) in [6.07, 6.45) is 9.19. The average Bonchev–Trinajstić information content (AvgIpc) is 2.56. The second-order valence-corrected chi connectivity index (χ2v) is 7.48. The SMILES string of the molecule is CC1CCN(C(=NCC(=O)N(C)C)NCC2CCCCC2)CC1.I. The van der Waals surface area contributed by atoms with Crippen LogP contribution in [0.3, 0.4) is 0 Å². The van der Waals surface area contributed by atoms with E-state index in [1.54, 1.807) is 19.0 Å². The predicted octanol–water partition coefficient (Wildman–Crippen LogP) is 2.95. The Labute approximate surface area is 164 Å². The maximum atomic E-state index is 11.9. The molecule has 2 fully saturated rings. The van der Waals surface area contributed by atoms with Gasteiger partial charge in [0.25, 0.3) is 0 Å². The van der Waals surface area contributed by atoms with Gasteiger partial charge >= 0.3 is 0 Å². The van der Waals surface area contributed by atoms with Gasteiger partial charge in [0.1, 0.15) is 6.54 Å². The number of carbonyl (C=O) groups excluding carboxylic acids is 1. The molecule has 0 atom stereocenters. The van der Waals surface area contributed by atoms with Crippen LogP contribution < -0.4 is 5.32 Å². The molecular weight excluding hydrogens is 415 g/mol. The zero-order chi connectivity index (χ0) is 16.7. The van der Waals surface area contributed by atoms with Crippen molar-refractivity contribution in [3.63, 3.8) is 0 Å². The second-order valence-electron chi connectivity index (χ2n) is 7.48. The van der Waals surface area contributed by atoms with Crippen LogP contribution in [-0.2, 0) is 4.79 Å². The van der Waals surface area contributed by atoms with E-state index in [4.69, 9.17) is 0 Å². The highest BCUT2D eigenvalue weighted by Crippen LogP contribution is 2.23. The Hall–Kier alpha value is -0.530. The molecule has 1 aliphatic carbocycles. The standard InChI is InChI=1S/C18H34N4O.HI/c1-15-9-11-22(12-10-15)18(20-14-17(23)21(2)3)19-13-16-7-5-4-6-8-16;/h15-16H,4-14H2,1-3H3,(H,19,20);1H. The van der Waals surface area contributed by atoms with Crippen LogP contribution in [0.2, 0.25) is 0 Å². The number of piperidine rings is 1. The third kappa shape index (κ3) is 7.15. The first-order valence-corrected chi connectivity index (χ1v) is 9.29. The maximum absolute atomic E-state index is 11.9. The molecule has 2 aliphatic rings. The molecule has 2 rings (SSSR count). The lowest BCUT2D eigenvalue weighted by Gasteiger charge is -2.34. The van der Waals surface area contributed by atoms with Crippen molar-refractivity contribution < 1.29 is 4.79 Å². The number of guanidine groups is 1. The molecule has 0 aromatic rings. The van der Waals surface area contributed by atoms with E-state index in [9.17, 15) is 4.79 Å². The van der Waals surface area contributed by atoms with Crippen LogP contribution in [0.15, 0.2) is 4.99 Å². The number of rotatable bonds is 4. The van der Waals surface area contributed by atoms with E-state index in [2.05, 4.69) is 22.1 Å². The Balaban J connectivity index is 0.00000288. The monoisotopic (exact) mass is 450 g/mol. The summed E-state index contributed by atoms with van der Waals surface area (Å²) in [5, 5.41) is 3.57. The van der Waals surface area contributed by atoms with E-state index in [0.29, 0.717) is 0 Å². The molecule has 5 nitrogen and oxygen atoms in total. The van der Waals surface area contributed by atoms with E-state index in [-0.39, 0.29) is 36.4 Å². The van der Waals surface area contributed by atoms with Crippen molar-refractivity contribution in [3.8, 4) is 0 Å². The number of carbonyl (C=O) groups is 1. The number of hydrogen-bond donors (Lipinski definition) is 1. The fourth-order valence-corrected chi connectivity index (χ4v) is 3.40. The Bertz CT molecular complexity index is 400. The first-order chi connectivity index (χ1) is 11.1.